The van der Waals surface area contributed by atoms with Crippen molar-refractivity contribution in [1.29, 1.82) is 0 Å². The summed E-state index contributed by atoms with van der Waals surface area (Å²) in [5, 5.41) is 39.8. The number of furan rings is 2. The topological polar surface area (TPSA) is 237 Å². The van der Waals surface area contributed by atoms with Crippen LogP contribution in [-0.2, 0) is 18.9 Å². The summed E-state index contributed by atoms with van der Waals surface area (Å²) in [6, 6.07) is 18.3. The minimum absolute atomic E-state index is 0.154. The van der Waals surface area contributed by atoms with Crippen molar-refractivity contribution in [2.45, 2.75) is 0 Å². The molecular formula is C46H46N2O16. The Morgan fingerprint density at radius 3 is 1.14 bits per heavy atom. The second kappa shape index (κ2) is 20.4. The quantitative estimate of drug-likeness (QED) is 0.112. The first-order valence-corrected chi connectivity index (χ1v) is 20.2. The number of anilines is 2. The first kappa shape index (κ1) is 44.9. The van der Waals surface area contributed by atoms with Crippen molar-refractivity contribution in [2.75, 3.05) is 103 Å². The monoisotopic (exact) mass is 882 g/mol. The molecule has 3 heterocycles. The predicted octanol–water partition coefficient (Wildman–Crippen LogP) is 6.72. The third-order valence-electron chi connectivity index (χ3n) is 10.6. The molecule has 0 saturated carbocycles. The van der Waals surface area contributed by atoms with E-state index >= 15 is 0 Å². The van der Waals surface area contributed by atoms with E-state index in [2.05, 4.69) is 0 Å². The van der Waals surface area contributed by atoms with E-state index < -0.39 is 23.9 Å². The highest BCUT2D eigenvalue weighted by atomic mass is 16.5. The van der Waals surface area contributed by atoms with E-state index in [1.54, 1.807) is 38.5 Å². The molecule has 2 aromatic heterocycles. The van der Waals surface area contributed by atoms with Crippen LogP contribution in [0.5, 0.6) is 11.5 Å². The predicted molar refractivity (Wildman–Crippen MR) is 232 cm³/mol. The van der Waals surface area contributed by atoms with Gasteiger partial charge in [0.1, 0.15) is 34.2 Å². The highest BCUT2D eigenvalue weighted by Gasteiger charge is 2.23. The summed E-state index contributed by atoms with van der Waals surface area (Å²) in [6.45, 7) is 4.39. The maximum absolute atomic E-state index is 12.1. The van der Waals surface area contributed by atoms with Gasteiger partial charge in [0.25, 0.3) is 0 Å². The summed E-state index contributed by atoms with van der Waals surface area (Å²) in [4.78, 5) is 51.3. The number of hydrogen-bond acceptors (Lipinski definition) is 14. The van der Waals surface area contributed by atoms with Crippen LogP contribution in [0.3, 0.4) is 0 Å². The van der Waals surface area contributed by atoms with Gasteiger partial charge in [-0.1, -0.05) is 0 Å². The van der Waals surface area contributed by atoms with Gasteiger partial charge in [-0.25, -0.2) is 19.2 Å². The molecule has 1 fully saturated rings. The molecule has 0 radical (unpaired) electrons. The standard InChI is InChI=1S/C46H46N2O16/c1-57-41-23-29-21-39(31-5-3-27(43(49)50)19-33(31)45(53)54)63-37(29)25-35(41)47-7-11-59-15-17-61-13-9-48(10-14-62-18-16-60-12-8-47)36-26-38-30(24-42(36)58-2)22-40(64-38)32-6-4-28(44(51)52)20-34(32)46(55)56/h3-6,19-26H,7-18H2,1-2H3,(H,49,50)(H,51,52)(H,53,54)(H,55,56). The lowest BCUT2D eigenvalue weighted by Gasteiger charge is -2.27. The molecule has 18 heteroatoms. The number of fused-ring (bicyclic) bond motifs is 2. The molecule has 64 heavy (non-hydrogen) atoms. The van der Waals surface area contributed by atoms with Gasteiger partial charge >= 0.3 is 23.9 Å². The largest absolute Gasteiger partial charge is 0.495 e. The Balaban J connectivity index is 1.03. The Morgan fingerprint density at radius 1 is 0.469 bits per heavy atom. The molecular weight excluding hydrogens is 837 g/mol. The summed E-state index contributed by atoms with van der Waals surface area (Å²) < 4.78 is 47.9. The average Bonchev–Trinajstić information content (AvgIpc) is 3.91. The number of carbonyl (C=O) groups is 4. The Bertz CT molecular complexity index is 2470. The third kappa shape index (κ3) is 10.2. The van der Waals surface area contributed by atoms with Gasteiger partial charge < -0.3 is 67.5 Å². The number of rotatable bonds is 10. The van der Waals surface area contributed by atoms with Crippen molar-refractivity contribution in [1.82, 2.24) is 0 Å². The van der Waals surface area contributed by atoms with Crippen LogP contribution in [0.25, 0.3) is 44.6 Å². The molecule has 0 spiro atoms. The molecule has 4 aromatic carbocycles. The van der Waals surface area contributed by atoms with Gasteiger partial charge in [-0.05, 0) is 60.7 Å². The van der Waals surface area contributed by atoms with Crippen LogP contribution in [0, 0.1) is 0 Å². The Kier molecular flexibility index (Phi) is 14.3. The number of hydrogen-bond donors (Lipinski definition) is 4. The Hall–Kier alpha value is -7.12. The maximum atomic E-state index is 12.1. The van der Waals surface area contributed by atoms with Gasteiger partial charge in [-0.15, -0.1) is 0 Å². The summed E-state index contributed by atoms with van der Waals surface area (Å²) in [6.07, 6.45) is 0. The summed E-state index contributed by atoms with van der Waals surface area (Å²) in [5.41, 5.74) is 2.08. The molecule has 1 aliphatic rings. The van der Waals surface area contributed by atoms with Crippen molar-refractivity contribution in [3.05, 3.63) is 95.1 Å². The number of aromatic carboxylic acids is 4. The van der Waals surface area contributed by atoms with E-state index in [-0.39, 0.29) is 44.9 Å². The summed E-state index contributed by atoms with van der Waals surface area (Å²) in [7, 11) is 3.10. The second-order valence-electron chi connectivity index (χ2n) is 14.5. The lowest BCUT2D eigenvalue weighted by atomic mass is 10.0. The molecule has 18 nitrogen and oxygen atoms in total. The molecule has 4 N–H and O–H groups in total. The van der Waals surface area contributed by atoms with E-state index in [0.717, 1.165) is 12.1 Å². The molecule has 1 aliphatic heterocycles. The fourth-order valence-corrected chi connectivity index (χ4v) is 7.38. The Morgan fingerprint density at radius 2 is 0.828 bits per heavy atom. The van der Waals surface area contributed by atoms with Gasteiger partial charge in [-0.3, -0.25) is 0 Å². The van der Waals surface area contributed by atoms with E-state index in [9.17, 15) is 39.6 Å². The number of ether oxygens (including phenoxy) is 6. The van der Waals surface area contributed by atoms with Crippen molar-refractivity contribution in [3.8, 4) is 34.1 Å². The summed E-state index contributed by atoms with van der Waals surface area (Å²) in [5.74, 6) is -3.46. The van der Waals surface area contributed by atoms with Crippen molar-refractivity contribution in [3.63, 3.8) is 0 Å². The minimum Gasteiger partial charge on any atom is -0.495 e. The van der Waals surface area contributed by atoms with Crippen molar-refractivity contribution < 1.29 is 76.9 Å². The average molecular weight is 883 g/mol. The first-order chi connectivity index (χ1) is 30.9. The van der Waals surface area contributed by atoms with E-state index in [4.69, 9.17) is 37.3 Å². The first-order valence-electron chi connectivity index (χ1n) is 20.2. The highest BCUT2D eigenvalue weighted by molar-refractivity contribution is 6.01. The van der Waals surface area contributed by atoms with Gasteiger partial charge in [0.2, 0.25) is 0 Å². The van der Waals surface area contributed by atoms with Gasteiger partial charge in [0.05, 0.1) is 101 Å². The lowest BCUT2D eigenvalue weighted by Crippen LogP contribution is -2.33. The van der Waals surface area contributed by atoms with Crippen molar-refractivity contribution >= 4 is 57.2 Å². The van der Waals surface area contributed by atoms with Crippen LogP contribution < -0.4 is 19.3 Å². The molecule has 0 atom stereocenters. The molecule has 0 amide bonds. The Labute approximate surface area is 365 Å². The van der Waals surface area contributed by atoms with Gasteiger partial charge in [0.15, 0.2) is 0 Å². The molecule has 0 unspecified atom stereocenters. The number of methoxy groups -OCH3 is 2. The van der Waals surface area contributed by atoms with Gasteiger partial charge in [0, 0.05) is 60.2 Å². The maximum Gasteiger partial charge on any atom is 0.336 e. The van der Waals surface area contributed by atoms with E-state index in [0.29, 0.717) is 124 Å². The number of benzene rings is 4. The minimum atomic E-state index is -1.29. The normalized spacial score (nSPS) is 15.1. The molecule has 0 aliphatic carbocycles. The molecule has 1 saturated heterocycles. The van der Waals surface area contributed by atoms with Crippen LogP contribution in [0.1, 0.15) is 41.4 Å². The highest BCUT2D eigenvalue weighted by Crippen LogP contribution is 2.40. The lowest BCUT2D eigenvalue weighted by molar-refractivity contribution is 0.0435. The molecule has 6 aromatic rings. The third-order valence-corrected chi connectivity index (χ3v) is 10.6. The smallest absolute Gasteiger partial charge is 0.336 e. The number of carboxylic acid groups (broad SMARTS) is 4. The van der Waals surface area contributed by atoms with Crippen LogP contribution in [0.4, 0.5) is 11.4 Å². The fraction of sp³-hybridized carbons (Fsp3) is 0.304. The van der Waals surface area contributed by atoms with Crippen LogP contribution in [0.15, 0.2) is 81.6 Å². The zero-order valence-corrected chi connectivity index (χ0v) is 35.0. The zero-order valence-electron chi connectivity index (χ0n) is 35.0. The van der Waals surface area contributed by atoms with Crippen molar-refractivity contribution in [2.24, 2.45) is 0 Å². The zero-order chi connectivity index (χ0) is 45.3. The van der Waals surface area contributed by atoms with Crippen LogP contribution in [-0.4, -0.2) is 138 Å². The number of nitrogens with zero attached hydrogens (tertiary/aromatic N) is 2. The van der Waals surface area contributed by atoms with E-state index in [1.165, 1.54) is 24.3 Å². The second-order valence-corrected chi connectivity index (χ2v) is 14.5. The number of carboxylic acids is 4. The molecule has 0 bridgehead atoms. The summed E-state index contributed by atoms with van der Waals surface area (Å²) >= 11 is 0. The molecule has 7 rings (SSSR count). The van der Waals surface area contributed by atoms with E-state index in [1.807, 2.05) is 21.9 Å². The van der Waals surface area contributed by atoms with Crippen LogP contribution in [0.2, 0.25) is 0 Å². The fourth-order valence-electron chi connectivity index (χ4n) is 7.38. The van der Waals surface area contributed by atoms with Crippen LogP contribution >= 0.6 is 0 Å². The van der Waals surface area contributed by atoms with Gasteiger partial charge in [-0.2, -0.15) is 0 Å². The SMILES string of the molecule is COc1cc2cc(-c3ccc(C(=O)O)cc3C(=O)O)oc2cc1N1CCOCCOCCN(c2cc3oc(-c4ccc(C(=O)O)cc4C(=O)O)cc3cc2OC)CCOCCOCC1. The molecule has 336 valence electrons.